The number of benzene rings is 2. The van der Waals surface area contributed by atoms with Gasteiger partial charge < -0.3 is 15.2 Å². The fourth-order valence-corrected chi connectivity index (χ4v) is 2.22. The van der Waals surface area contributed by atoms with Crippen LogP contribution in [0.4, 0.5) is 0 Å². The van der Waals surface area contributed by atoms with Crippen molar-refractivity contribution in [2.45, 2.75) is 32.4 Å². The van der Waals surface area contributed by atoms with Gasteiger partial charge in [0, 0.05) is 12.6 Å². The Kier molecular flexibility index (Phi) is 5.64. The smallest absolute Gasteiger partial charge is 0.119 e. The molecule has 0 amide bonds. The van der Waals surface area contributed by atoms with Gasteiger partial charge in [-0.1, -0.05) is 24.3 Å². The van der Waals surface area contributed by atoms with Gasteiger partial charge in [-0.2, -0.15) is 0 Å². The molecule has 0 aliphatic heterocycles. The Morgan fingerprint density at radius 3 is 2.57 bits per heavy atom. The Morgan fingerprint density at radius 1 is 1.10 bits per heavy atom. The van der Waals surface area contributed by atoms with Crippen LogP contribution in [0.2, 0.25) is 0 Å². The predicted octanol–water partition coefficient (Wildman–Crippen LogP) is 3.51. The van der Waals surface area contributed by atoms with Gasteiger partial charge in [-0.05, 0) is 55.2 Å². The van der Waals surface area contributed by atoms with E-state index in [0.29, 0.717) is 11.8 Å². The van der Waals surface area contributed by atoms with Crippen molar-refractivity contribution in [3.05, 3.63) is 59.7 Å². The Hall–Kier alpha value is -2.00. The van der Waals surface area contributed by atoms with Gasteiger partial charge >= 0.3 is 0 Å². The van der Waals surface area contributed by atoms with Crippen LogP contribution in [0.1, 0.15) is 24.5 Å². The van der Waals surface area contributed by atoms with Gasteiger partial charge in [0.15, 0.2) is 0 Å². The number of rotatable bonds is 7. The van der Waals surface area contributed by atoms with Crippen LogP contribution >= 0.6 is 0 Å². The lowest BCUT2D eigenvalue weighted by Gasteiger charge is -2.14. The van der Waals surface area contributed by atoms with Crippen molar-refractivity contribution in [2.24, 2.45) is 0 Å². The third-order valence-corrected chi connectivity index (χ3v) is 3.59. The lowest BCUT2D eigenvalue weighted by atomic mass is 10.1. The van der Waals surface area contributed by atoms with E-state index in [4.69, 9.17) is 4.74 Å². The number of phenols is 1. The minimum atomic E-state index is 0.322. The largest absolute Gasteiger partial charge is 0.508 e. The van der Waals surface area contributed by atoms with Crippen molar-refractivity contribution in [3.8, 4) is 11.5 Å². The molecule has 112 valence electrons. The van der Waals surface area contributed by atoms with Crippen LogP contribution in [0, 0.1) is 0 Å². The second kappa shape index (κ2) is 7.70. The molecule has 2 rings (SSSR count). The first kappa shape index (κ1) is 15.4. The highest BCUT2D eigenvalue weighted by Gasteiger charge is 2.03. The van der Waals surface area contributed by atoms with Crippen LogP contribution in [-0.2, 0) is 13.0 Å². The van der Waals surface area contributed by atoms with Crippen molar-refractivity contribution in [1.82, 2.24) is 5.32 Å². The Balaban J connectivity index is 1.76. The molecule has 0 heterocycles. The molecule has 0 saturated heterocycles. The zero-order valence-electron chi connectivity index (χ0n) is 12.7. The summed E-state index contributed by atoms with van der Waals surface area (Å²) in [6.45, 7) is 3.04. The average molecular weight is 285 g/mol. The van der Waals surface area contributed by atoms with Crippen LogP contribution in [0.5, 0.6) is 11.5 Å². The highest BCUT2D eigenvalue weighted by Crippen LogP contribution is 2.14. The zero-order chi connectivity index (χ0) is 15.1. The number of phenolic OH excluding ortho intramolecular Hbond substituents is 1. The van der Waals surface area contributed by atoms with E-state index in [0.717, 1.165) is 25.1 Å². The fourth-order valence-electron chi connectivity index (χ4n) is 2.22. The molecule has 2 N–H and O–H groups in total. The first-order valence-electron chi connectivity index (χ1n) is 7.31. The lowest BCUT2D eigenvalue weighted by Crippen LogP contribution is -2.25. The van der Waals surface area contributed by atoms with Crippen molar-refractivity contribution in [2.75, 3.05) is 7.11 Å². The SMILES string of the molecule is COc1cccc(CNC(C)CCc2ccc(O)cc2)c1. The summed E-state index contributed by atoms with van der Waals surface area (Å²) < 4.78 is 5.23. The summed E-state index contributed by atoms with van der Waals surface area (Å²) in [4.78, 5) is 0. The highest BCUT2D eigenvalue weighted by molar-refractivity contribution is 5.28. The van der Waals surface area contributed by atoms with Crippen LogP contribution in [-0.4, -0.2) is 18.3 Å². The zero-order valence-corrected chi connectivity index (χ0v) is 12.7. The molecule has 0 aliphatic carbocycles. The summed E-state index contributed by atoms with van der Waals surface area (Å²) >= 11 is 0. The van der Waals surface area contributed by atoms with Gasteiger partial charge in [-0.15, -0.1) is 0 Å². The molecule has 0 spiro atoms. The van der Waals surface area contributed by atoms with Gasteiger partial charge in [0.2, 0.25) is 0 Å². The maximum atomic E-state index is 9.26. The molecule has 3 heteroatoms. The Morgan fingerprint density at radius 2 is 1.86 bits per heavy atom. The van der Waals surface area contributed by atoms with Crippen LogP contribution in [0.25, 0.3) is 0 Å². The Labute approximate surface area is 126 Å². The molecule has 0 fully saturated rings. The normalized spacial score (nSPS) is 12.1. The van der Waals surface area contributed by atoms with Gasteiger partial charge in [-0.25, -0.2) is 0 Å². The predicted molar refractivity (Wildman–Crippen MR) is 85.7 cm³/mol. The fraction of sp³-hybridized carbons (Fsp3) is 0.333. The van der Waals surface area contributed by atoms with E-state index in [9.17, 15) is 5.11 Å². The monoisotopic (exact) mass is 285 g/mol. The Bertz CT molecular complexity index is 551. The first-order valence-corrected chi connectivity index (χ1v) is 7.31. The summed E-state index contributed by atoms with van der Waals surface area (Å²) in [6, 6.07) is 16.0. The van der Waals surface area contributed by atoms with Gasteiger partial charge in [0.25, 0.3) is 0 Å². The lowest BCUT2D eigenvalue weighted by molar-refractivity contribution is 0.413. The van der Waals surface area contributed by atoms with Crippen molar-refractivity contribution < 1.29 is 9.84 Å². The van der Waals surface area contributed by atoms with E-state index in [1.807, 2.05) is 24.3 Å². The third kappa shape index (κ3) is 5.12. The number of methoxy groups -OCH3 is 1. The van der Waals surface area contributed by atoms with E-state index in [2.05, 4.69) is 24.4 Å². The number of nitrogens with one attached hydrogen (secondary N) is 1. The summed E-state index contributed by atoms with van der Waals surface area (Å²) in [5, 5.41) is 12.8. The second-order valence-electron chi connectivity index (χ2n) is 5.34. The first-order chi connectivity index (χ1) is 10.2. The van der Waals surface area contributed by atoms with Gasteiger partial charge in [0.1, 0.15) is 11.5 Å². The van der Waals surface area contributed by atoms with E-state index in [-0.39, 0.29) is 0 Å². The molecular formula is C18H23NO2. The number of aromatic hydroxyl groups is 1. The maximum absolute atomic E-state index is 9.26. The van der Waals surface area contributed by atoms with E-state index in [1.54, 1.807) is 19.2 Å². The molecule has 2 aromatic carbocycles. The molecule has 1 atom stereocenters. The van der Waals surface area contributed by atoms with E-state index in [1.165, 1.54) is 11.1 Å². The topological polar surface area (TPSA) is 41.5 Å². The number of ether oxygens (including phenoxy) is 1. The summed E-state index contributed by atoms with van der Waals surface area (Å²) in [6.07, 6.45) is 2.07. The average Bonchev–Trinajstić information content (AvgIpc) is 2.52. The summed E-state index contributed by atoms with van der Waals surface area (Å²) in [7, 11) is 1.69. The number of hydrogen-bond acceptors (Lipinski definition) is 3. The molecule has 0 saturated carbocycles. The summed E-state index contributed by atoms with van der Waals surface area (Å²) in [5.41, 5.74) is 2.48. The maximum Gasteiger partial charge on any atom is 0.119 e. The third-order valence-electron chi connectivity index (χ3n) is 3.59. The van der Waals surface area contributed by atoms with E-state index < -0.39 is 0 Å². The molecule has 1 unspecified atom stereocenters. The highest BCUT2D eigenvalue weighted by atomic mass is 16.5. The van der Waals surface area contributed by atoms with Crippen LogP contribution in [0.15, 0.2) is 48.5 Å². The molecular weight excluding hydrogens is 262 g/mol. The van der Waals surface area contributed by atoms with Crippen molar-refractivity contribution in [3.63, 3.8) is 0 Å². The molecule has 2 aromatic rings. The van der Waals surface area contributed by atoms with Crippen LogP contribution < -0.4 is 10.1 Å². The molecule has 0 radical (unpaired) electrons. The molecule has 3 nitrogen and oxygen atoms in total. The standard InChI is InChI=1S/C18H23NO2/c1-14(6-7-15-8-10-17(20)11-9-15)19-13-16-4-3-5-18(12-16)21-2/h3-5,8-12,14,19-20H,6-7,13H2,1-2H3. The van der Waals surface area contributed by atoms with Gasteiger partial charge in [-0.3, -0.25) is 0 Å². The number of hydrogen-bond donors (Lipinski definition) is 2. The molecule has 21 heavy (non-hydrogen) atoms. The van der Waals surface area contributed by atoms with Gasteiger partial charge in [0.05, 0.1) is 7.11 Å². The van der Waals surface area contributed by atoms with Crippen LogP contribution in [0.3, 0.4) is 0 Å². The molecule has 0 aliphatic rings. The minimum absolute atomic E-state index is 0.322. The molecule has 0 bridgehead atoms. The minimum Gasteiger partial charge on any atom is -0.508 e. The molecule has 0 aromatic heterocycles. The van der Waals surface area contributed by atoms with Crippen molar-refractivity contribution in [1.29, 1.82) is 0 Å². The summed E-state index contributed by atoms with van der Waals surface area (Å²) in [5.74, 6) is 1.22. The quantitative estimate of drug-likeness (QED) is 0.818. The van der Waals surface area contributed by atoms with E-state index >= 15 is 0 Å². The van der Waals surface area contributed by atoms with Crippen molar-refractivity contribution >= 4 is 0 Å². The number of aryl methyl sites for hydroxylation is 1. The second-order valence-corrected chi connectivity index (χ2v) is 5.34.